The van der Waals surface area contributed by atoms with Crippen molar-refractivity contribution >= 4 is 35.1 Å². The number of carbonyl (C=O) groups excluding carboxylic acids is 1. The molecular weight excluding hydrogens is 418 g/mol. The van der Waals surface area contributed by atoms with Crippen molar-refractivity contribution in [3.63, 3.8) is 0 Å². The number of halogens is 2. The van der Waals surface area contributed by atoms with Gasteiger partial charge in [0.25, 0.3) is 0 Å². The second-order valence-corrected chi connectivity index (χ2v) is 6.45. The number of ether oxygens (including phenoxy) is 2. The van der Waals surface area contributed by atoms with Crippen LogP contribution in [0.4, 0.5) is 0 Å². The number of hydrogen-bond donors (Lipinski definition) is 1. The summed E-state index contributed by atoms with van der Waals surface area (Å²) >= 11 is 11.4. The maximum atomic E-state index is 10.4. The van der Waals surface area contributed by atoms with Crippen molar-refractivity contribution in [3.05, 3.63) is 57.6 Å². The van der Waals surface area contributed by atoms with Gasteiger partial charge < -0.3 is 24.5 Å². The Kier molecular flexibility index (Phi) is 12.2. The Morgan fingerprint density at radius 1 is 1.04 bits per heavy atom. The van der Waals surface area contributed by atoms with Crippen LogP contribution in [0.25, 0.3) is 0 Å². The van der Waals surface area contributed by atoms with E-state index in [4.69, 9.17) is 37.8 Å². The van der Waals surface area contributed by atoms with E-state index in [9.17, 15) is 14.7 Å². The molecule has 0 bridgehead atoms. The number of aliphatic carboxylic acids is 2. The third-order valence-corrected chi connectivity index (χ3v) is 3.73. The van der Waals surface area contributed by atoms with Crippen molar-refractivity contribution in [2.45, 2.75) is 26.9 Å². The Hall–Kier alpha value is -1.44. The third kappa shape index (κ3) is 9.66. The van der Waals surface area contributed by atoms with E-state index in [0.29, 0.717) is 21.5 Å². The molecule has 146 valence electrons. The molecule has 9 heteroatoms. The standard InChI is InChI=1S/C10H11ClO3.C9H9ClO3.Na/c1-6-5-8(11)3-4-9(6)14-7(2)10(12)13;1-6-4-7(10)2-3-8(6)13-5-9(11)12;/h3-5,7H,1-2H3,(H,12,13);2-4H,5H2,1H3,(H,11,12);/q;;+1/p-1. The fourth-order valence-electron chi connectivity index (χ4n) is 1.90. The average Bonchev–Trinajstić information content (AvgIpc) is 2.57. The molecule has 0 aromatic heterocycles. The Morgan fingerprint density at radius 3 is 1.89 bits per heavy atom. The summed E-state index contributed by atoms with van der Waals surface area (Å²) in [6.45, 7) is 4.69. The van der Waals surface area contributed by atoms with Gasteiger partial charge in [0.2, 0.25) is 0 Å². The zero-order chi connectivity index (χ0) is 20.6. The van der Waals surface area contributed by atoms with Gasteiger partial charge in [0, 0.05) is 10.0 Å². The minimum Gasteiger partial charge on any atom is -0.546 e. The van der Waals surface area contributed by atoms with Gasteiger partial charge >= 0.3 is 35.5 Å². The van der Waals surface area contributed by atoms with Gasteiger partial charge in [0.15, 0.2) is 6.61 Å². The number of benzene rings is 2. The average molecular weight is 437 g/mol. The first kappa shape index (κ1) is 26.6. The Morgan fingerprint density at radius 2 is 1.50 bits per heavy atom. The van der Waals surface area contributed by atoms with Gasteiger partial charge in [-0.15, -0.1) is 0 Å². The zero-order valence-corrected chi connectivity index (χ0v) is 19.5. The maximum absolute atomic E-state index is 10.4. The van der Waals surface area contributed by atoms with Crippen molar-refractivity contribution in [2.75, 3.05) is 6.61 Å². The van der Waals surface area contributed by atoms with Crippen molar-refractivity contribution < 1.29 is 58.8 Å². The molecule has 1 unspecified atom stereocenters. The van der Waals surface area contributed by atoms with Crippen LogP contribution < -0.4 is 44.1 Å². The summed E-state index contributed by atoms with van der Waals surface area (Å²) in [6, 6.07) is 10.0. The number of carboxylic acids is 2. The first-order chi connectivity index (χ1) is 12.6. The fourth-order valence-corrected chi connectivity index (χ4v) is 2.35. The molecule has 0 spiro atoms. The number of hydrogen-bond acceptors (Lipinski definition) is 5. The predicted molar refractivity (Wildman–Crippen MR) is 101 cm³/mol. The number of carbonyl (C=O) groups is 2. The van der Waals surface area contributed by atoms with Crippen LogP contribution in [0.15, 0.2) is 36.4 Å². The molecule has 1 N–H and O–H groups in total. The molecule has 0 aliphatic rings. The monoisotopic (exact) mass is 436 g/mol. The summed E-state index contributed by atoms with van der Waals surface area (Å²) < 4.78 is 10.1. The minimum atomic E-state index is -1.24. The van der Waals surface area contributed by atoms with Gasteiger partial charge in [0.05, 0.1) is 5.97 Å². The number of aryl methyl sites for hydroxylation is 2. The van der Waals surface area contributed by atoms with E-state index >= 15 is 0 Å². The molecule has 0 saturated heterocycles. The zero-order valence-electron chi connectivity index (χ0n) is 16.0. The summed E-state index contributed by atoms with van der Waals surface area (Å²) in [7, 11) is 0. The molecule has 0 fully saturated rings. The summed E-state index contributed by atoms with van der Waals surface area (Å²) in [5, 5.41) is 20.0. The van der Waals surface area contributed by atoms with E-state index in [2.05, 4.69) is 0 Å². The summed E-state index contributed by atoms with van der Waals surface area (Å²) in [4.78, 5) is 20.6. The fraction of sp³-hybridized carbons (Fsp3) is 0.263. The quantitative estimate of drug-likeness (QED) is 0.653. The first-order valence-electron chi connectivity index (χ1n) is 7.84. The van der Waals surface area contributed by atoms with Gasteiger partial charge in [-0.05, 0) is 68.3 Å². The van der Waals surface area contributed by atoms with Gasteiger partial charge in [0.1, 0.15) is 17.6 Å². The molecule has 2 rings (SSSR count). The number of rotatable bonds is 6. The Labute approximate surface area is 195 Å². The number of carboxylic acid groups (broad SMARTS) is 2. The largest absolute Gasteiger partial charge is 1.00 e. The van der Waals surface area contributed by atoms with Crippen molar-refractivity contribution in [3.8, 4) is 11.5 Å². The van der Waals surface area contributed by atoms with E-state index in [1.165, 1.54) is 6.92 Å². The van der Waals surface area contributed by atoms with Gasteiger partial charge in [-0.1, -0.05) is 23.2 Å². The first-order valence-corrected chi connectivity index (χ1v) is 8.60. The summed E-state index contributed by atoms with van der Waals surface area (Å²) in [5.74, 6) is -1.17. The molecule has 2 aromatic carbocycles. The molecule has 6 nitrogen and oxygen atoms in total. The molecule has 0 radical (unpaired) electrons. The molecule has 2 aromatic rings. The maximum Gasteiger partial charge on any atom is 1.00 e. The van der Waals surface area contributed by atoms with Crippen LogP contribution in [0.5, 0.6) is 11.5 Å². The van der Waals surface area contributed by atoms with Gasteiger partial charge in [-0.2, -0.15) is 0 Å². The van der Waals surface area contributed by atoms with Crippen LogP contribution >= 0.6 is 23.2 Å². The van der Waals surface area contributed by atoms with E-state index in [1.807, 2.05) is 6.92 Å². The topological polar surface area (TPSA) is 95.9 Å². The molecule has 0 heterocycles. The van der Waals surface area contributed by atoms with Crippen molar-refractivity contribution in [2.24, 2.45) is 0 Å². The van der Waals surface area contributed by atoms with E-state index in [1.54, 1.807) is 43.3 Å². The Balaban J connectivity index is 0.000000504. The van der Waals surface area contributed by atoms with Crippen molar-refractivity contribution in [1.82, 2.24) is 0 Å². The molecule has 0 aliphatic heterocycles. The summed E-state index contributed by atoms with van der Waals surface area (Å²) in [6.07, 6.45) is -0.963. The van der Waals surface area contributed by atoms with Crippen LogP contribution in [0.1, 0.15) is 18.1 Å². The van der Waals surface area contributed by atoms with Crippen LogP contribution in [-0.4, -0.2) is 29.8 Å². The van der Waals surface area contributed by atoms with Crippen LogP contribution in [0.2, 0.25) is 10.0 Å². The molecule has 1 atom stereocenters. The van der Waals surface area contributed by atoms with Gasteiger partial charge in [-0.3, -0.25) is 0 Å². The SMILES string of the molecule is Cc1cc(Cl)ccc1OC(C)C(=O)[O-].Cc1cc(Cl)ccc1OCC(=O)O.[Na+]. The summed E-state index contributed by atoms with van der Waals surface area (Å²) in [5.41, 5.74) is 1.62. The van der Waals surface area contributed by atoms with Gasteiger partial charge in [-0.25, -0.2) is 4.79 Å². The minimum absolute atomic E-state index is 0. The van der Waals surface area contributed by atoms with E-state index in [-0.39, 0.29) is 36.2 Å². The molecule has 0 amide bonds. The van der Waals surface area contributed by atoms with Crippen LogP contribution in [0, 0.1) is 13.8 Å². The molecule has 0 aliphatic carbocycles. The van der Waals surface area contributed by atoms with E-state index in [0.717, 1.165) is 11.1 Å². The molecular formula is C19H19Cl2NaO6. The van der Waals surface area contributed by atoms with E-state index < -0.39 is 18.0 Å². The third-order valence-electron chi connectivity index (χ3n) is 3.26. The smallest absolute Gasteiger partial charge is 0.546 e. The van der Waals surface area contributed by atoms with Crippen LogP contribution in [-0.2, 0) is 9.59 Å². The van der Waals surface area contributed by atoms with Crippen molar-refractivity contribution in [1.29, 1.82) is 0 Å². The second-order valence-electron chi connectivity index (χ2n) is 5.58. The second kappa shape index (κ2) is 12.9. The molecule has 28 heavy (non-hydrogen) atoms. The molecule has 0 saturated carbocycles. The predicted octanol–water partition coefficient (Wildman–Crippen LogP) is 0.281. The normalized spacial score (nSPS) is 10.6. The Bertz CT molecular complexity index is 813. The van der Waals surface area contributed by atoms with Crippen LogP contribution in [0.3, 0.4) is 0 Å².